The highest BCUT2D eigenvalue weighted by Crippen LogP contribution is 2.26. The molecule has 4 nitrogen and oxygen atoms in total. The van der Waals surface area contributed by atoms with Gasteiger partial charge < -0.3 is 9.72 Å². The lowest BCUT2D eigenvalue weighted by Crippen LogP contribution is -2.23. The van der Waals surface area contributed by atoms with Gasteiger partial charge in [0.2, 0.25) is 5.91 Å². The number of aryl methyl sites for hydroxylation is 2. The van der Waals surface area contributed by atoms with Crippen LogP contribution in [0.25, 0.3) is 16.9 Å². The van der Waals surface area contributed by atoms with Gasteiger partial charge in [0.25, 0.3) is 0 Å². The summed E-state index contributed by atoms with van der Waals surface area (Å²) in [6, 6.07) is 20.1. The number of nitrogens with zero attached hydrogens (tertiary/aromatic N) is 2. The number of amides is 1. The topological polar surface area (TPSA) is 46.4 Å². The van der Waals surface area contributed by atoms with Gasteiger partial charge in [-0.25, -0.2) is 9.37 Å². The zero-order valence-corrected chi connectivity index (χ0v) is 16.2. The standard InChI is InChI=1S/C24H22FN3O/c1-17-6-2-3-7-19(17)16-26-23(29)14-13-21-24(18-9-11-20(25)12-10-18)27-22-8-4-5-15-28(21)22/h2-12,15H,13-14,16H2,1H3,(H,26,29). The first-order valence-corrected chi connectivity index (χ1v) is 9.65. The summed E-state index contributed by atoms with van der Waals surface area (Å²) in [5.74, 6) is -0.293. The molecule has 4 aromatic rings. The van der Waals surface area contributed by atoms with Crippen molar-refractivity contribution < 1.29 is 9.18 Å². The average Bonchev–Trinajstić information content (AvgIpc) is 3.11. The van der Waals surface area contributed by atoms with Crippen LogP contribution in [0.5, 0.6) is 0 Å². The fourth-order valence-electron chi connectivity index (χ4n) is 3.45. The molecule has 0 aliphatic rings. The summed E-state index contributed by atoms with van der Waals surface area (Å²) in [6.07, 6.45) is 2.83. The highest BCUT2D eigenvalue weighted by Gasteiger charge is 2.15. The molecule has 1 amide bonds. The van der Waals surface area contributed by atoms with Crippen molar-refractivity contribution in [1.29, 1.82) is 0 Å². The third kappa shape index (κ3) is 4.19. The van der Waals surface area contributed by atoms with Crippen molar-refractivity contribution in [2.45, 2.75) is 26.3 Å². The Kier molecular flexibility index (Phi) is 5.38. The molecule has 5 heteroatoms. The van der Waals surface area contributed by atoms with Gasteiger partial charge in [0.15, 0.2) is 0 Å². The van der Waals surface area contributed by atoms with E-state index < -0.39 is 0 Å². The van der Waals surface area contributed by atoms with Crippen molar-refractivity contribution in [2.75, 3.05) is 0 Å². The number of hydrogen-bond donors (Lipinski definition) is 1. The number of hydrogen-bond acceptors (Lipinski definition) is 2. The van der Waals surface area contributed by atoms with Gasteiger partial charge in [-0.15, -0.1) is 0 Å². The highest BCUT2D eigenvalue weighted by molar-refractivity contribution is 5.77. The van der Waals surface area contributed by atoms with Gasteiger partial charge >= 0.3 is 0 Å². The molecule has 2 heterocycles. The Morgan fingerprint density at radius 2 is 1.79 bits per heavy atom. The minimum atomic E-state index is -0.283. The van der Waals surface area contributed by atoms with Crippen molar-refractivity contribution in [2.24, 2.45) is 0 Å². The first-order valence-electron chi connectivity index (χ1n) is 9.65. The number of benzene rings is 2. The number of fused-ring (bicyclic) bond motifs is 1. The highest BCUT2D eigenvalue weighted by atomic mass is 19.1. The van der Waals surface area contributed by atoms with Crippen LogP contribution in [0.4, 0.5) is 4.39 Å². The summed E-state index contributed by atoms with van der Waals surface area (Å²) in [6.45, 7) is 2.55. The number of carbonyl (C=O) groups excluding carboxylic acids is 1. The zero-order valence-electron chi connectivity index (χ0n) is 16.2. The first-order chi connectivity index (χ1) is 14.1. The van der Waals surface area contributed by atoms with Crippen molar-refractivity contribution in [3.8, 4) is 11.3 Å². The molecule has 0 spiro atoms. The molecule has 1 N–H and O–H groups in total. The molecular formula is C24H22FN3O. The van der Waals surface area contributed by atoms with Crippen LogP contribution in [-0.2, 0) is 17.8 Å². The predicted octanol–water partition coefficient (Wildman–Crippen LogP) is 4.70. The van der Waals surface area contributed by atoms with Gasteiger partial charge in [-0.2, -0.15) is 0 Å². The molecule has 4 rings (SSSR count). The molecule has 0 fully saturated rings. The van der Waals surface area contributed by atoms with E-state index in [-0.39, 0.29) is 11.7 Å². The van der Waals surface area contributed by atoms with Crippen LogP contribution in [0.2, 0.25) is 0 Å². The number of imidazole rings is 1. The Morgan fingerprint density at radius 1 is 1.03 bits per heavy atom. The molecule has 0 atom stereocenters. The SMILES string of the molecule is Cc1ccccc1CNC(=O)CCc1c(-c2ccc(F)cc2)nc2ccccn12. The van der Waals surface area contributed by atoms with Crippen molar-refractivity contribution in [1.82, 2.24) is 14.7 Å². The van der Waals surface area contributed by atoms with E-state index in [1.54, 1.807) is 12.1 Å². The largest absolute Gasteiger partial charge is 0.352 e. The molecule has 0 saturated heterocycles. The average molecular weight is 387 g/mol. The Morgan fingerprint density at radius 3 is 2.59 bits per heavy atom. The summed E-state index contributed by atoms with van der Waals surface area (Å²) >= 11 is 0. The summed E-state index contributed by atoms with van der Waals surface area (Å²) in [4.78, 5) is 17.2. The number of nitrogens with one attached hydrogen (secondary N) is 1. The fraction of sp³-hybridized carbons (Fsp3) is 0.167. The normalized spacial score (nSPS) is 11.0. The summed E-state index contributed by atoms with van der Waals surface area (Å²) in [5.41, 5.74) is 5.64. The third-order valence-electron chi connectivity index (χ3n) is 5.07. The van der Waals surface area contributed by atoms with Crippen LogP contribution in [0, 0.1) is 12.7 Å². The van der Waals surface area contributed by atoms with E-state index in [0.29, 0.717) is 19.4 Å². The third-order valence-corrected chi connectivity index (χ3v) is 5.07. The number of carbonyl (C=O) groups is 1. The van der Waals surface area contributed by atoms with Crippen molar-refractivity contribution in [3.63, 3.8) is 0 Å². The number of pyridine rings is 1. The lowest BCUT2D eigenvalue weighted by Gasteiger charge is -2.09. The Balaban J connectivity index is 1.52. The summed E-state index contributed by atoms with van der Waals surface area (Å²) < 4.78 is 15.3. The lowest BCUT2D eigenvalue weighted by molar-refractivity contribution is -0.121. The van der Waals surface area contributed by atoms with Crippen LogP contribution in [0.15, 0.2) is 72.9 Å². The molecule has 0 bridgehead atoms. The first kappa shape index (κ1) is 18.9. The Labute approximate surface area is 169 Å². The molecule has 29 heavy (non-hydrogen) atoms. The maximum absolute atomic E-state index is 13.3. The quantitative estimate of drug-likeness (QED) is 0.521. The molecule has 0 saturated carbocycles. The van der Waals surface area contributed by atoms with E-state index in [9.17, 15) is 9.18 Å². The van der Waals surface area contributed by atoms with Gasteiger partial charge in [-0.05, 0) is 60.9 Å². The monoisotopic (exact) mass is 387 g/mol. The van der Waals surface area contributed by atoms with Gasteiger partial charge in [-0.3, -0.25) is 4.79 Å². The Hall–Kier alpha value is -3.47. The number of aromatic nitrogens is 2. The minimum Gasteiger partial charge on any atom is -0.352 e. The Bertz CT molecular complexity index is 1150. The second-order valence-corrected chi connectivity index (χ2v) is 7.05. The molecular weight excluding hydrogens is 365 g/mol. The molecule has 146 valence electrons. The van der Waals surface area contributed by atoms with Crippen molar-refractivity contribution in [3.05, 3.63) is 95.6 Å². The van der Waals surface area contributed by atoms with Gasteiger partial charge in [0, 0.05) is 24.7 Å². The molecule has 2 aromatic carbocycles. The van der Waals surface area contributed by atoms with E-state index >= 15 is 0 Å². The van der Waals surface area contributed by atoms with Crippen LogP contribution in [0.1, 0.15) is 23.2 Å². The maximum Gasteiger partial charge on any atom is 0.220 e. The number of halogens is 1. The van der Waals surface area contributed by atoms with Gasteiger partial charge in [0.05, 0.1) is 11.4 Å². The summed E-state index contributed by atoms with van der Waals surface area (Å²) in [7, 11) is 0. The fourth-order valence-corrected chi connectivity index (χ4v) is 3.45. The minimum absolute atomic E-state index is 0.0100. The van der Waals surface area contributed by atoms with E-state index in [0.717, 1.165) is 33.7 Å². The zero-order chi connectivity index (χ0) is 20.2. The van der Waals surface area contributed by atoms with Crippen LogP contribution in [0.3, 0.4) is 0 Å². The number of rotatable bonds is 6. The van der Waals surface area contributed by atoms with Gasteiger partial charge in [-0.1, -0.05) is 30.3 Å². The second kappa shape index (κ2) is 8.27. The van der Waals surface area contributed by atoms with Crippen molar-refractivity contribution >= 4 is 11.6 Å². The maximum atomic E-state index is 13.3. The molecule has 0 unspecified atom stereocenters. The van der Waals surface area contributed by atoms with E-state index in [1.165, 1.54) is 12.1 Å². The molecule has 0 radical (unpaired) electrons. The molecule has 0 aliphatic heterocycles. The predicted molar refractivity (Wildman–Crippen MR) is 112 cm³/mol. The summed E-state index contributed by atoms with van der Waals surface area (Å²) in [5, 5.41) is 3.00. The molecule has 0 aliphatic carbocycles. The van der Waals surface area contributed by atoms with E-state index in [4.69, 9.17) is 4.98 Å². The second-order valence-electron chi connectivity index (χ2n) is 7.05. The lowest BCUT2D eigenvalue weighted by atomic mass is 10.1. The van der Waals surface area contributed by atoms with Gasteiger partial charge in [0.1, 0.15) is 11.5 Å². The smallest absolute Gasteiger partial charge is 0.220 e. The van der Waals surface area contributed by atoms with Crippen LogP contribution < -0.4 is 5.32 Å². The van der Waals surface area contributed by atoms with Crippen LogP contribution in [-0.4, -0.2) is 15.3 Å². The van der Waals surface area contributed by atoms with E-state index in [2.05, 4.69) is 5.32 Å². The van der Waals surface area contributed by atoms with E-state index in [1.807, 2.05) is 60.0 Å². The molecule has 2 aromatic heterocycles. The van der Waals surface area contributed by atoms with Crippen LogP contribution >= 0.6 is 0 Å².